The second kappa shape index (κ2) is 4.80. The van der Waals surface area contributed by atoms with E-state index in [4.69, 9.17) is 11.6 Å². The van der Waals surface area contributed by atoms with Crippen LogP contribution in [0.25, 0.3) is 0 Å². The molecule has 20 heavy (non-hydrogen) atoms. The molecule has 3 rings (SSSR count). The summed E-state index contributed by atoms with van der Waals surface area (Å²) in [4.78, 5) is 26.2. The van der Waals surface area contributed by atoms with E-state index in [2.05, 4.69) is 0 Å². The van der Waals surface area contributed by atoms with Crippen molar-refractivity contribution in [3.05, 3.63) is 52.8 Å². The smallest absolute Gasteiger partial charge is 0.274 e. The van der Waals surface area contributed by atoms with Crippen LogP contribution in [0, 0.1) is 0 Å². The summed E-state index contributed by atoms with van der Waals surface area (Å²) in [7, 11) is 1.82. The molecular formula is C15H13ClN2O2. The summed E-state index contributed by atoms with van der Waals surface area (Å²) < 4.78 is 1.77. The third-order valence-electron chi connectivity index (χ3n) is 3.52. The first kappa shape index (κ1) is 12.9. The fraction of sp³-hybridized carbons (Fsp3) is 0.200. The van der Waals surface area contributed by atoms with Crippen LogP contribution in [0.3, 0.4) is 0 Å². The number of hydrogen-bond acceptors (Lipinski definition) is 2. The van der Waals surface area contributed by atoms with Crippen molar-refractivity contribution in [1.29, 1.82) is 0 Å². The number of benzene rings is 1. The zero-order valence-corrected chi connectivity index (χ0v) is 11.7. The molecule has 1 aliphatic heterocycles. The van der Waals surface area contributed by atoms with E-state index in [1.165, 1.54) is 0 Å². The Morgan fingerprint density at radius 2 is 2.10 bits per heavy atom. The molecule has 1 amide bonds. The Labute approximate surface area is 121 Å². The zero-order valence-electron chi connectivity index (χ0n) is 11.0. The first-order valence-corrected chi connectivity index (χ1v) is 6.71. The minimum absolute atomic E-state index is 0.0487. The van der Waals surface area contributed by atoms with E-state index in [-0.39, 0.29) is 11.7 Å². The van der Waals surface area contributed by atoms with Crippen molar-refractivity contribution in [2.45, 2.75) is 6.42 Å². The molecule has 1 aromatic heterocycles. The normalized spacial score (nSPS) is 14.3. The van der Waals surface area contributed by atoms with Gasteiger partial charge in [0.25, 0.3) is 5.91 Å². The van der Waals surface area contributed by atoms with Gasteiger partial charge in [0.2, 0.25) is 0 Å². The van der Waals surface area contributed by atoms with Gasteiger partial charge in [-0.25, -0.2) is 0 Å². The van der Waals surface area contributed by atoms with Gasteiger partial charge in [-0.2, -0.15) is 0 Å². The molecule has 0 atom stereocenters. The monoisotopic (exact) mass is 288 g/mol. The quantitative estimate of drug-likeness (QED) is 0.810. The first-order valence-electron chi connectivity index (χ1n) is 6.34. The third-order valence-corrected chi connectivity index (χ3v) is 3.76. The van der Waals surface area contributed by atoms with Gasteiger partial charge in [0.05, 0.1) is 5.69 Å². The molecule has 0 fully saturated rings. The number of hydrogen-bond donors (Lipinski definition) is 0. The van der Waals surface area contributed by atoms with Gasteiger partial charge >= 0.3 is 0 Å². The second-order valence-corrected chi connectivity index (χ2v) is 5.23. The lowest BCUT2D eigenvalue weighted by molar-refractivity contribution is 0.0951. The van der Waals surface area contributed by atoms with Crippen molar-refractivity contribution in [2.75, 3.05) is 11.4 Å². The van der Waals surface area contributed by atoms with Gasteiger partial charge in [0, 0.05) is 36.8 Å². The number of ketones is 1. The van der Waals surface area contributed by atoms with Crippen LogP contribution in [0.5, 0.6) is 0 Å². The van der Waals surface area contributed by atoms with E-state index < -0.39 is 0 Å². The SMILES string of the molecule is Cn1cccc1C(=O)N1CCC(=O)c2ccc(Cl)cc21. The lowest BCUT2D eigenvalue weighted by Crippen LogP contribution is -2.38. The number of rotatable bonds is 1. The third kappa shape index (κ3) is 2.02. The maximum atomic E-state index is 12.6. The van der Waals surface area contributed by atoms with Gasteiger partial charge < -0.3 is 9.47 Å². The molecule has 2 aromatic rings. The maximum Gasteiger partial charge on any atom is 0.274 e. The molecule has 0 aliphatic carbocycles. The van der Waals surface area contributed by atoms with E-state index in [1.54, 1.807) is 33.7 Å². The van der Waals surface area contributed by atoms with Gasteiger partial charge in [-0.3, -0.25) is 9.59 Å². The number of halogens is 1. The summed E-state index contributed by atoms with van der Waals surface area (Å²) in [6.45, 7) is 0.385. The van der Waals surface area contributed by atoms with Crippen LogP contribution in [0.2, 0.25) is 5.02 Å². The number of fused-ring (bicyclic) bond motifs is 1. The molecule has 0 saturated heterocycles. The minimum Gasteiger partial charge on any atom is -0.347 e. The van der Waals surface area contributed by atoms with Crippen molar-refractivity contribution in [1.82, 2.24) is 4.57 Å². The average Bonchev–Trinajstić information content (AvgIpc) is 2.84. The van der Waals surface area contributed by atoms with Crippen LogP contribution in [0.15, 0.2) is 36.5 Å². The van der Waals surface area contributed by atoms with Crippen LogP contribution in [0.1, 0.15) is 27.3 Å². The molecular weight excluding hydrogens is 276 g/mol. The Morgan fingerprint density at radius 1 is 1.30 bits per heavy atom. The van der Waals surface area contributed by atoms with E-state index in [0.717, 1.165) is 0 Å². The highest BCUT2D eigenvalue weighted by Crippen LogP contribution is 2.31. The largest absolute Gasteiger partial charge is 0.347 e. The van der Waals surface area contributed by atoms with E-state index >= 15 is 0 Å². The number of aryl methyl sites for hydroxylation is 1. The molecule has 5 heteroatoms. The van der Waals surface area contributed by atoms with Gasteiger partial charge in [-0.1, -0.05) is 11.6 Å². The molecule has 0 radical (unpaired) electrons. The summed E-state index contributed by atoms with van der Waals surface area (Å²) in [5.41, 5.74) is 1.74. The fourth-order valence-electron chi connectivity index (χ4n) is 2.46. The molecule has 0 bridgehead atoms. The predicted octanol–water partition coefficient (Wildman–Crippen LogP) is 2.91. The molecule has 1 aliphatic rings. The Balaban J connectivity index is 2.07. The van der Waals surface area contributed by atoms with Crippen LogP contribution in [-0.2, 0) is 7.05 Å². The molecule has 2 heterocycles. The van der Waals surface area contributed by atoms with Crippen molar-refractivity contribution in [2.24, 2.45) is 7.05 Å². The Bertz CT molecular complexity index is 706. The second-order valence-electron chi connectivity index (χ2n) is 4.80. The summed E-state index contributed by atoms with van der Waals surface area (Å²) in [6, 6.07) is 8.62. The van der Waals surface area contributed by atoms with Gasteiger partial charge in [0.15, 0.2) is 5.78 Å². The highest BCUT2D eigenvalue weighted by Gasteiger charge is 2.28. The summed E-state index contributed by atoms with van der Waals surface area (Å²) in [5.74, 6) is -0.0684. The number of Topliss-reactive ketones (excluding diaryl/α,β-unsaturated/α-hetero) is 1. The number of carbonyl (C=O) groups is 2. The van der Waals surface area contributed by atoms with Crippen molar-refractivity contribution < 1.29 is 9.59 Å². The van der Waals surface area contributed by atoms with Crippen LogP contribution in [-0.4, -0.2) is 22.8 Å². The van der Waals surface area contributed by atoms with Crippen LogP contribution >= 0.6 is 11.6 Å². The minimum atomic E-state index is -0.117. The van der Waals surface area contributed by atoms with Crippen molar-refractivity contribution >= 4 is 29.0 Å². The highest BCUT2D eigenvalue weighted by atomic mass is 35.5. The predicted molar refractivity (Wildman–Crippen MR) is 77.5 cm³/mol. The lowest BCUT2D eigenvalue weighted by Gasteiger charge is -2.29. The molecule has 0 saturated carbocycles. The van der Waals surface area contributed by atoms with E-state index in [1.807, 2.05) is 19.3 Å². The van der Waals surface area contributed by atoms with Gasteiger partial charge in [-0.15, -0.1) is 0 Å². The van der Waals surface area contributed by atoms with Gasteiger partial charge in [-0.05, 0) is 30.3 Å². The Morgan fingerprint density at radius 3 is 2.80 bits per heavy atom. The van der Waals surface area contributed by atoms with Crippen molar-refractivity contribution in [3.8, 4) is 0 Å². The molecule has 0 unspecified atom stereocenters. The molecule has 0 spiro atoms. The molecule has 1 aromatic carbocycles. The standard InChI is InChI=1S/C15H13ClN2O2/c1-17-7-2-3-12(17)15(20)18-8-6-14(19)11-5-4-10(16)9-13(11)18/h2-5,7,9H,6,8H2,1H3. The van der Waals surface area contributed by atoms with Gasteiger partial charge in [0.1, 0.15) is 5.69 Å². The first-order chi connectivity index (χ1) is 9.58. The molecule has 4 nitrogen and oxygen atoms in total. The van der Waals surface area contributed by atoms with Crippen LogP contribution in [0.4, 0.5) is 5.69 Å². The zero-order chi connectivity index (χ0) is 14.3. The average molecular weight is 289 g/mol. The number of nitrogens with zero attached hydrogens (tertiary/aromatic N) is 2. The van der Waals surface area contributed by atoms with E-state index in [9.17, 15) is 9.59 Å². The number of amides is 1. The number of aromatic nitrogens is 1. The Kier molecular flexibility index (Phi) is 3.10. The summed E-state index contributed by atoms with van der Waals surface area (Å²) in [6.07, 6.45) is 2.16. The number of anilines is 1. The summed E-state index contributed by atoms with van der Waals surface area (Å²) in [5, 5.41) is 0.517. The summed E-state index contributed by atoms with van der Waals surface area (Å²) >= 11 is 6.00. The highest BCUT2D eigenvalue weighted by molar-refractivity contribution is 6.31. The lowest BCUT2D eigenvalue weighted by atomic mass is 10.00. The van der Waals surface area contributed by atoms with Crippen LogP contribution < -0.4 is 4.90 Å². The Hall–Kier alpha value is -2.07. The molecule has 0 N–H and O–H groups in total. The molecule has 102 valence electrons. The fourth-order valence-corrected chi connectivity index (χ4v) is 2.63. The number of carbonyl (C=O) groups excluding carboxylic acids is 2. The maximum absolute atomic E-state index is 12.6. The topological polar surface area (TPSA) is 42.3 Å². The van der Waals surface area contributed by atoms with Crippen molar-refractivity contribution in [3.63, 3.8) is 0 Å². The van der Waals surface area contributed by atoms with E-state index in [0.29, 0.717) is 34.9 Å².